The van der Waals surface area contributed by atoms with Crippen LogP contribution in [0.1, 0.15) is 18.1 Å². The molecule has 8 nitrogen and oxygen atoms in total. The topological polar surface area (TPSA) is 114 Å². The van der Waals surface area contributed by atoms with Gasteiger partial charge in [-0.05, 0) is 30.2 Å². The van der Waals surface area contributed by atoms with Crippen LogP contribution in [-0.4, -0.2) is 42.3 Å². The fraction of sp³-hybridized carbons (Fsp3) is 0.286. The fourth-order valence-corrected chi connectivity index (χ4v) is 2.51. The van der Waals surface area contributed by atoms with E-state index < -0.39 is 30.1 Å². The van der Waals surface area contributed by atoms with Crippen molar-refractivity contribution in [3.63, 3.8) is 0 Å². The van der Waals surface area contributed by atoms with Crippen molar-refractivity contribution in [1.82, 2.24) is 10.6 Å². The molecule has 0 aliphatic heterocycles. The summed E-state index contributed by atoms with van der Waals surface area (Å²) in [5.74, 6) is -1.08. The summed E-state index contributed by atoms with van der Waals surface area (Å²) in [6.45, 7) is 1.56. The van der Waals surface area contributed by atoms with Crippen molar-refractivity contribution in [3.05, 3.63) is 65.7 Å². The molecular weight excluding hydrogens is 376 g/mol. The van der Waals surface area contributed by atoms with Crippen LogP contribution in [0.25, 0.3) is 0 Å². The Labute approximate surface area is 168 Å². The molecule has 2 aromatic carbocycles. The highest BCUT2D eigenvalue weighted by Gasteiger charge is 2.25. The number of aromatic hydroxyl groups is 1. The molecule has 0 saturated heterocycles. The van der Waals surface area contributed by atoms with Crippen molar-refractivity contribution < 1.29 is 29.0 Å². The van der Waals surface area contributed by atoms with E-state index in [0.717, 1.165) is 11.1 Å². The van der Waals surface area contributed by atoms with Crippen LogP contribution in [0.2, 0.25) is 0 Å². The number of methoxy groups -OCH3 is 1. The molecule has 0 aromatic heterocycles. The summed E-state index contributed by atoms with van der Waals surface area (Å²) in [6.07, 6.45) is -0.575. The molecule has 2 aromatic rings. The second kappa shape index (κ2) is 10.7. The molecule has 2 rings (SSSR count). The molecule has 0 radical (unpaired) electrons. The Hall–Kier alpha value is -3.55. The van der Waals surface area contributed by atoms with Gasteiger partial charge in [-0.3, -0.25) is 4.79 Å². The highest BCUT2D eigenvalue weighted by atomic mass is 16.5. The van der Waals surface area contributed by atoms with Gasteiger partial charge >= 0.3 is 12.1 Å². The normalized spacial score (nSPS) is 12.3. The molecule has 0 saturated carbocycles. The maximum Gasteiger partial charge on any atom is 0.408 e. The molecule has 0 spiro atoms. The van der Waals surface area contributed by atoms with Gasteiger partial charge in [0.1, 0.15) is 24.4 Å². The van der Waals surface area contributed by atoms with E-state index in [1.54, 1.807) is 12.1 Å². The number of alkyl carbamates (subject to hydrolysis) is 1. The van der Waals surface area contributed by atoms with Crippen LogP contribution in [0.4, 0.5) is 4.79 Å². The summed E-state index contributed by atoms with van der Waals surface area (Å²) in [6, 6.07) is 13.5. The van der Waals surface area contributed by atoms with Crippen LogP contribution in [0, 0.1) is 0 Å². The van der Waals surface area contributed by atoms with Gasteiger partial charge in [0, 0.05) is 6.42 Å². The quantitative estimate of drug-likeness (QED) is 0.583. The first-order valence-corrected chi connectivity index (χ1v) is 9.02. The highest BCUT2D eigenvalue weighted by Crippen LogP contribution is 2.12. The van der Waals surface area contributed by atoms with Gasteiger partial charge in [-0.15, -0.1) is 0 Å². The van der Waals surface area contributed by atoms with Gasteiger partial charge in [0.2, 0.25) is 5.91 Å². The van der Waals surface area contributed by atoms with E-state index >= 15 is 0 Å². The van der Waals surface area contributed by atoms with Crippen LogP contribution in [0.15, 0.2) is 54.6 Å². The van der Waals surface area contributed by atoms with E-state index in [1.165, 1.54) is 26.2 Å². The summed E-state index contributed by atoms with van der Waals surface area (Å²) in [7, 11) is 1.22. The van der Waals surface area contributed by atoms with Gasteiger partial charge in [0.15, 0.2) is 0 Å². The molecule has 2 unspecified atom stereocenters. The SMILES string of the molecule is COC(=O)C(Cc1ccc(O)cc1)NC(=O)C(C)NC(=O)OCc1ccccc1. The van der Waals surface area contributed by atoms with E-state index in [9.17, 15) is 19.5 Å². The van der Waals surface area contributed by atoms with Crippen LogP contribution in [0.3, 0.4) is 0 Å². The van der Waals surface area contributed by atoms with Crippen LogP contribution in [-0.2, 0) is 32.1 Å². The number of carbonyl (C=O) groups excluding carboxylic acids is 3. The standard InChI is InChI=1S/C21H24N2O6/c1-14(22-21(27)29-13-16-6-4-3-5-7-16)19(25)23-18(20(26)28-2)12-15-8-10-17(24)11-9-15/h3-11,14,18,24H,12-13H2,1-2H3,(H,22,27)(H,23,25). The molecule has 0 bridgehead atoms. The van der Waals surface area contributed by atoms with Crippen LogP contribution < -0.4 is 10.6 Å². The number of hydrogen-bond acceptors (Lipinski definition) is 6. The first kappa shape index (κ1) is 21.7. The number of esters is 1. The third-order valence-electron chi connectivity index (χ3n) is 4.12. The third kappa shape index (κ3) is 7.17. The van der Waals surface area contributed by atoms with Crippen LogP contribution >= 0.6 is 0 Å². The molecule has 29 heavy (non-hydrogen) atoms. The Morgan fingerprint density at radius 2 is 1.62 bits per heavy atom. The Balaban J connectivity index is 1.88. The number of phenols is 1. The van der Waals surface area contributed by atoms with Crippen molar-refractivity contribution in [3.8, 4) is 5.75 Å². The van der Waals surface area contributed by atoms with Crippen LogP contribution in [0.5, 0.6) is 5.75 Å². The van der Waals surface area contributed by atoms with Gasteiger partial charge in [0.25, 0.3) is 0 Å². The molecule has 8 heteroatoms. The summed E-state index contributed by atoms with van der Waals surface area (Å²) in [4.78, 5) is 36.3. The Kier molecular flexibility index (Phi) is 8.02. The minimum Gasteiger partial charge on any atom is -0.508 e. The molecule has 0 heterocycles. The molecule has 0 fully saturated rings. The molecule has 154 valence electrons. The number of phenolic OH excluding ortho intramolecular Hbond substituents is 1. The second-order valence-corrected chi connectivity index (χ2v) is 6.38. The Morgan fingerprint density at radius 1 is 0.966 bits per heavy atom. The molecular formula is C21H24N2O6. The van der Waals surface area contributed by atoms with Crippen molar-refractivity contribution in [2.75, 3.05) is 7.11 Å². The lowest BCUT2D eigenvalue weighted by molar-refractivity contribution is -0.145. The number of ether oxygens (including phenoxy) is 2. The average molecular weight is 400 g/mol. The fourth-order valence-electron chi connectivity index (χ4n) is 2.51. The summed E-state index contributed by atoms with van der Waals surface area (Å²) in [5, 5.41) is 14.3. The monoisotopic (exact) mass is 400 g/mol. The smallest absolute Gasteiger partial charge is 0.408 e. The molecule has 0 aliphatic rings. The second-order valence-electron chi connectivity index (χ2n) is 6.38. The predicted octanol–water partition coefficient (Wildman–Crippen LogP) is 1.91. The van der Waals surface area contributed by atoms with Crippen molar-refractivity contribution in [2.45, 2.75) is 32.0 Å². The Bertz CT molecular complexity index is 823. The molecule has 2 amide bonds. The zero-order chi connectivity index (χ0) is 21.2. The highest BCUT2D eigenvalue weighted by molar-refractivity contribution is 5.89. The summed E-state index contributed by atoms with van der Waals surface area (Å²) in [5.41, 5.74) is 1.54. The molecule has 3 N–H and O–H groups in total. The summed E-state index contributed by atoms with van der Waals surface area (Å²) >= 11 is 0. The first-order chi connectivity index (χ1) is 13.9. The zero-order valence-electron chi connectivity index (χ0n) is 16.3. The van der Waals surface area contributed by atoms with Gasteiger partial charge in [-0.1, -0.05) is 42.5 Å². The molecule has 0 aliphatic carbocycles. The third-order valence-corrected chi connectivity index (χ3v) is 4.12. The van der Waals surface area contributed by atoms with Gasteiger partial charge in [-0.2, -0.15) is 0 Å². The summed E-state index contributed by atoms with van der Waals surface area (Å²) < 4.78 is 9.83. The lowest BCUT2D eigenvalue weighted by Gasteiger charge is -2.20. The van der Waals surface area contributed by atoms with E-state index in [1.807, 2.05) is 30.3 Å². The van der Waals surface area contributed by atoms with Gasteiger partial charge in [-0.25, -0.2) is 9.59 Å². The minimum absolute atomic E-state index is 0.0760. The predicted molar refractivity (Wildman–Crippen MR) is 105 cm³/mol. The van der Waals surface area contributed by atoms with Gasteiger partial charge in [0.05, 0.1) is 7.11 Å². The molecule has 2 atom stereocenters. The lowest BCUT2D eigenvalue weighted by Crippen LogP contribution is -2.51. The number of amides is 2. The van der Waals surface area contributed by atoms with E-state index in [4.69, 9.17) is 9.47 Å². The first-order valence-electron chi connectivity index (χ1n) is 9.02. The number of nitrogens with one attached hydrogen (secondary N) is 2. The van der Waals surface area contributed by atoms with Crippen molar-refractivity contribution in [2.24, 2.45) is 0 Å². The lowest BCUT2D eigenvalue weighted by atomic mass is 10.1. The Morgan fingerprint density at radius 3 is 2.24 bits per heavy atom. The number of carbonyl (C=O) groups is 3. The maximum atomic E-state index is 12.4. The van der Waals surface area contributed by atoms with Crippen molar-refractivity contribution in [1.29, 1.82) is 0 Å². The largest absolute Gasteiger partial charge is 0.508 e. The average Bonchev–Trinajstić information content (AvgIpc) is 2.73. The number of benzene rings is 2. The van der Waals surface area contributed by atoms with E-state index in [2.05, 4.69) is 10.6 Å². The van der Waals surface area contributed by atoms with Gasteiger partial charge < -0.3 is 25.2 Å². The van der Waals surface area contributed by atoms with Crippen molar-refractivity contribution >= 4 is 18.0 Å². The zero-order valence-corrected chi connectivity index (χ0v) is 16.3. The maximum absolute atomic E-state index is 12.4. The number of hydrogen-bond donors (Lipinski definition) is 3. The van der Waals surface area contributed by atoms with E-state index in [-0.39, 0.29) is 18.8 Å². The number of rotatable bonds is 8. The van der Waals surface area contributed by atoms with E-state index in [0.29, 0.717) is 0 Å². The minimum atomic E-state index is -0.943.